The Morgan fingerprint density at radius 1 is 1.03 bits per heavy atom. The minimum atomic E-state index is -0.406. The van der Waals surface area contributed by atoms with Gasteiger partial charge in [0.2, 0.25) is 0 Å². The Labute approximate surface area is 171 Å². The number of anilines is 1. The summed E-state index contributed by atoms with van der Waals surface area (Å²) in [5, 5.41) is 9.34. The van der Waals surface area contributed by atoms with Crippen LogP contribution in [0.3, 0.4) is 0 Å². The molecule has 0 bridgehead atoms. The molecule has 0 radical (unpaired) electrons. The molecule has 0 spiro atoms. The molecule has 0 saturated carbocycles. The first-order valence-electron chi connectivity index (χ1n) is 9.04. The monoisotopic (exact) mass is 402 g/mol. The standard InChI is InChI=1S/C22H18N4O2S/c1-15-7-9-17(10-8-15)19-14-29-22(23-19)24-21(28)18-11-12-20(27)26(25-18)13-16-5-3-2-4-6-16/h2-12,14H,13H2,1H3,(H,23,24,28). The predicted molar refractivity (Wildman–Crippen MR) is 114 cm³/mol. The summed E-state index contributed by atoms with van der Waals surface area (Å²) in [7, 11) is 0. The van der Waals surface area contributed by atoms with Gasteiger partial charge in [-0.2, -0.15) is 5.10 Å². The van der Waals surface area contributed by atoms with Crippen LogP contribution in [0.5, 0.6) is 0 Å². The fourth-order valence-electron chi connectivity index (χ4n) is 2.79. The zero-order valence-electron chi connectivity index (χ0n) is 15.7. The molecule has 1 amide bonds. The molecule has 29 heavy (non-hydrogen) atoms. The number of hydrogen-bond donors (Lipinski definition) is 1. The van der Waals surface area contributed by atoms with Crippen molar-refractivity contribution in [3.63, 3.8) is 0 Å². The highest BCUT2D eigenvalue weighted by molar-refractivity contribution is 7.14. The lowest BCUT2D eigenvalue weighted by molar-refractivity contribution is 0.102. The van der Waals surface area contributed by atoms with Gasteiger partial charge in [-0.25, -0.2) is 9.67 Å². The van der Waals surface area contributed by atoms with E-state index in [0.717, 1.165) is 16.8 Å². The van der Waals surface area contributed by atoms with Gasteiger partial charge in [-0.3, -0.25) is 14.9 Å². The smallest absolute Gasteiger partial charge is 0.277 e. The van der Waals surface area contributed by atoms with Crippen LogP contribution in [0.4, 0.5) is 5.13 Å². The molecule has 1 N–H and O–H groups in total. The van der Waals surface area contributed by atoms with Gasteiger partial charge >= 0.3 is 0 Å². The zero-order valence-corrected chi connectivity index (χ0v) is 16.5. The van der Waals surface area contributed by atoms with E-state index in [-0.39, 0.29) is 11.3 Å². The van der Waals surface area contributed by atoms with Crippen LogP contribution in [0, 0.1) is 6.92 Å². The lowest BCUT2D eigenvalue weighted by Crippen LogP contribution is -2.26. The van der Waals surface area contributed by atoms with Crippen molar-refractivity contribution in [3.05, 3.63) is 99.3 Å². The summed E-state index contributed by atoms with van der Waals surface area (Å²) < 4.78 is 1.28. The molecule has 2 aromatic carbocycles. The number of thiazole rings is 1. The number of rotatable bonds is 5. The Hall–Kier alpha value is -3.58. The first-order valence-corrected chi connectivity index (χ1v) is 9.92. The SMILES string of the molecule is Cc1ccc(-c2csc(NC(=O)c3ccc(=O)n(Cc4ccccc4)n3)n2)cc1. The largest absolute Gasteiger partial charge is 0.296 e. The molecular weight excluding hydrogens is 384 g/mol. The normalized spacial score (nSPS) is 10.7. The second-order valence-corrected chi connectivity index (χ2v) is 7.42. The Balaban J connectivity index is 1.51. The number of nitrogens with zero attached hydrogens (tertiary/aromatic N) is 3. The molecule has 4 aromatic rings. The van der Waals surface area contributed by atoms with Crippen molar-refractivity contribution in [1.29, 1.82) is 0 Å². The van der Waals surface area contributed by atoms with E-state index < -0.39 is 5.91 Å². The summed E-state index contributed by atoms with van der Waals surface area (Å²) in [6.07, 6.45) is 0. The van der Waals surface area contributed by atoms with Gasteiger partial charge in [-0.1, -0.05) is 60.2 Å². The summed E-state index contributed by atoms with van der Waals surface area (Å²) in [6.45, 7) is 2.33. The molecule has 7 heteroatoms. The number of benzene rings is 2. The number of aromatic nitrogens is 3. The predicted octanol–water partition coefficient (Wildman–Crippen LogP) is 3.98. The molecule has 2 heterocycles. The van der Waals surface area contributed by atoms with Crippen molar-refractivity contribution in [3.8, 4) is 11.3 Å². The van der Waals surface area contributed by atoms with Gasteiger partial charge in [-0.15, -0.1) is 11.3 Å². The first-order chi connectivity index (χ1) is 14.1. The molecule has 0 saturated heterocycles. The minimum Gasteiger partial charge on any atom is -0.296 e. The van der Waals surface area contributed by atoms with Crippen LogP contribution in [-0.2, 0) is 6.54 Å². The van der Waals surface area contributed by atoms with Crippen molar-refractivity contribution in [2.75, 3.05) is 5.32 Å². The fraction of sp³-hybridized carbons (Fsp3) is 0.0909. The van der Waals surface area contributed by atoms with Crippen molar-refractivity contribution in [2.24, 2.45) is 0 Å². The van der Waals surface area contributed by atoms with Crippen molar-refractivity contribution < 1.29 is 4.79 Å². The van der Waals surface area contributed by atoms with Crippen LogP contribution < -0.4 is 10.9 Å². The molecule has 0 fully saturated rings. The van der Waals surface area contributed by atoms with Gasteiger partial charge in [0.25, 0.3) is 11.5 Å². The van der Waals surface area contributed by atoms with E-state index in [1.165, 1.54) is 33.7 Å². The number of nitrogens with one attached hydrogen (secondary N) is 1. The van der Waals surface area contributed by atoms with Crippen LogP contribution in [0.2, 0.25) is 0 Å². The molecular formula is C22H18N4O2S. The number of aryl methyl sites for hydroxylation is 1. The highest BCUT2D eigenvalue weighted by atomic mass is 32.1. The Morgan fingerprint density at radius 2 is 1.79 bits per heavy atom. The van der Waals surface area contributed by atoms with Gasteiger partial charge in [0.05, 0.1) is 12.2 Å². The summed E-state index contributed by atoms with van der Waals surface area (Å²) in [5.74, 6) is -0.406. The molecule has 0 aliphatic heterocycles. The average molecular weight is 402 g/mol. The van der Waals surface area contributed by atoms with Gasteiger partial charge in [0.1, 0.15) is 5.69 Å². The summed E-state index contributed by atoms with van der Waals surface area (Å²) in [5.41, 5.74) is 3.79. The third-order valence-electron chi connectivity index (χ3n) is 4.35. The van der Waals surface area contributed by atoms with Crippen LogP contribution >= 0.6 is 11.3 Å². The second kappa shape index (κ2) is 8.20. The number of carbonyl (C=O) groups excluding carboxylic acids is 1. The maximum absolute atomic E-state index is 12.6. The lowest BCUT2D eigenvalue weighted by atomic mass is 10.1. The summed E-state index contributed by atoms with van der Waals surface area (Å²) >= 11 is 1.34. The van der Waals surface area contributed by atoms with Gasteiger partial charge in [0, 0.05) is 17.0 Å². The highest BCUT2D eigenvalue weighted by Gasteiger charge is 2.13. The summed E-state index contributed by atoms with van der Waals surface area (Å²) in [4.78, 5) is 29.2. The topological polar surface area (TPSA) is 76.9 Å². The number of amides is 1. The highest BCUT2D eigenvalue weighted by Crippen LogP contribution is 2.25. The van der Waals surface area contributed by atoms with Crippen molar-refractivity contribution in [1.82, 2.24) is 14.8 Å². The third kappa shape index (κ3) is 4.47. The average Bonchev–Trinajstić information content (AvgIpc) is 3.19. The van der Waals surface area contributed by atoms with E-state index in [2.05, 4.69) is 15.4 Å². The second-order valence-electron chi connectivity index (χ2n) is 6.56. The molecule has 144 valence electrons. The van der Waals surface area contributed by atoms with Gasteiger partial charge in [0.15, 0.2) is 5.13 Å². The van der Waals surface area contributed by atoms with E-state index in [9.17, 15) is 9.59 Å². The van der Waals surface area contributed by atoms with Crippen LogP contribution in [0.25, 0.3) is 11.3 Å². The maximum atomic E-state index is 12.6. The Kier molecular flexibility index (Phi) is 5.31. The molecule has 6 nitrogen and oxygen atoms in total. The van der Waals surface area contributed by atoms with E-state index in [4.69, 9.17) is 0 Å². The Bertz CT molecular complexity index is 1200. The van der Waals surface area contributed by atoms with Crippen molar-refractivity contribution in [2.45, 2.75) is 13.5 Å². The molecule has 0 unspecified atom stereocenters. The fourth-order valence-corrected chi connectivity index (χ4v) is 3.50. The first kappa shape index (κ1) is 18.8. The molecule has 0 atom stereocenters. The van der Waals surface area contributed by atoms with E-state index in [0.29, 0.717) is 11.7 Å². The third-order valence-corrected chi connectivity index (χ3v) is 5.10. The molecule has 0 aliphatic rings. The number of hydrogen-bond acceptors (Lipinski definition) is 5. The Morgan fingerprint density at radius 3 is 2.55 bits per heavy atom. The quantitative estimate of drug-likeness (QED) is 0.548. The molecule has 0 aliphatic carbocycles. The molecule has 2 aromatic heterocycles. The zero-order chi connectivity index (χ0) is 20.2. The van der Waals surface area contributed by atoms with Crippen molar-refractivity contribution >= 4 is 22.4 Å². The number of carbonyl (C=O) groups is 1. The van der Waals surface area contributed by atoms with Crippen LogP contribution in [0.15, 0.2) is 76.9 Å². The van der Waals surface area contributed by atoms with Crippen LogP contribution in [-0.4, -0.2) is 20.7 Å². The van der Waals surface area contributed by atoms with Gasteiger partial charge in [-0.05, 0) is 18.6 Å². The van der Waals surface area contributed by atoms with E-state index in [1.807, 2.05) is 66.9 Å². The maximum Gasteiger partial charge on any atom is 0.277 e. The van der Waals surface area contributed by atoms with Crippen LogP contribution in [0.1, 0.15) is 21.6 Å². The van der Waals surface area contributed by atoms with E-state index >= 15 is 0 Å². The molecule has 4 rings (SSSR count). The summed E-state index contributed by atoms with van der Waals surface area (Å²) in [6, 6.07) is 20.3. The minimum absolute atomic E-state index is 0.160. The van der Waals surface area contributed by atoms with E-state index in [1.54, 1.807) is 0 Å². The van der Waals surface area contributed by atoms with Gasteiger partial charge < -0.3 is 0 Å². The lowest BCUT2D eigenvalue weighted by Gasteiger charge is -2.07.